The summed E-state index contributed by atoms with van der Waals surface area (Å²) in [6.45, 7) is 8.71. The van der Waals surface area contributed by atoms with E-state index in [9.17, 15) is 0 Å². The van der Waals surface area contributed by atoms with Crippen molar-refractivity contribution in [1.82, 2.24) is 4.98 Å². The number of thiazole rings is 1. The Balaban J connectivity index is 1.44. The Morgan fingerprint density at radius 1 is 0.970 bits per heavy atom. The van der Waals surface area contributed by atoms with E-state index in [1.807, 2.05) is 17.5 Å². The van der Waals surface area contributed by atoms with Crippen LogP contribution in [0.1, 0.15) is 67.5 Å². The molecule has 1 aromatic heterocycles. The van der Waals surface area contributed by atoms with Crippen LogP contribution >= 0.6 is 23.1 Å². The molecule has 0 spiro atoms. The SMILES string of the molecule is CC(C)c1ccc(/C=N\Nc2nc(CSC(N)=N/N=C/c3ccc(C(C)C)cc3)cs2)cc1. The Kier molecular flexibility index (Phi) is 9.21. The average Bonchev–Trinajstić information content (AvgIpc) is 3.26. The van der Waals surface area contributed by atoms with Crippen molar-refractivity contribution >= 4 is 45.8 Å². The highest BCUT2D eigenvalue weighted by Crippen LogP contribution is 2.20. The summed E-state index contributed by atoms with van der Waals surface area (Å²) in [4.78, 5) is 4.52. The van der Waals surface area contributed by atoms with Crippen LogP contribution in [0.3, 0.4) is 0 Å². The minimum Gasteiger partial charge on any atom is -0.377 e. The second-order valence-electron chi connectivity index (χ2n) is 8.13. The van der Waals surface area contributed by atoms with Crippen LogP contribution < -0.4 is 11.2 Å². The van der Waals surface area contributed by atoms with Crippen LogP contribution in [-0.4, -0.2) is 22.6 Å². The van der Waals surface area contributed by atoms with Gasteiger partial charge in [-0.25, -0.2) is 4.98 Å². The zero-order valence-electron chi connectivity index (χ0n) is 19.4. The minimum absolute atomic E-state index is 0.399. The van der Waals surface area contributed by atoms with E-state index < -0.39 is 0 Å². The van der Waals surface area contributed by atoms with Crippen LogP contribution in [0.5, 0.6) is 0 Å². The topological polar surface area (TPSA) is 88.0 Å². The third-order valence-corrected chi connectivity index (χ3v) is 6.48. The summed E-state index contributed by atoms with van der Waals surface area (Å²) < 4.78 is 0. The largest absolute Gasteiger partial charge is 0.377 e. The number of nitrogens with zero attached hydrogens (tertiary/aromatic N) is 4. The molecule has 6 nitrogen and oxygen atoms in total. The maximum Gasteiger partial charge on any atom is 0.203 e. The number of hydrazone groups is 1. The van der Waals surface area contributed by atoms with E-state index in [0.717, 1.165) is 22.0 Å². The molecule has 33 heavy (non-hydrogen) atoms. The lowest BCUT2D eigenvalue weighted by atomic mass is 10.0. The van der Waals surface area contributed by atoms with Crippen molar-refractivity contribution in [3.63, 3.8) is 0 Å². The summed E-state index contributed by atoms with van der Waals surface area (Å²) in [6, 6.07) is 16.7. The Morgan fingerprint density at radius 2 is 1.55 bits per heavy atom. The van der Waals surface area contributed by atoms with Crippen molar-refractivity contribution in [3.05, 3.63) is 81.9 Å². The van der Waals surface area contributed by atoms with Gasteiger partial charge in [0, 0.05) is 11.1 Å². The Labute approximate surface area is 204 Å². The number of hydrogen-bond donors (Lipinski definition) is 2. The smallest absolute Gasteiger partial charge is 0.203 e. The van der Waals surface area contributed by atoms with Crippen LogP contribution in [0.15, 0.2) is 69.2 Å². The van der Waals surface area contributed by atoms with Crippen molar-refractivity contribution in [2.24, 2.45) is 21.0 Å². The molecular weight excluding hydrogens is 448 g/mol. The molecule has 3 aromatic rings. The predicted molar refractivity (Wildman–Crippen MR) is 145 cm³/mol. The lowest BCUT2D eigenvalue weighted by molar-refractivity contribution is 0.866. The standard InChI is InChI=1S/C25H30N6S2/c1-17(2)21-9-5-19(6-10-21)13-27-30-24(26)32-15-23-16-33-25(29-23)31-28-14-20-7-11-22(12-8-20)18(3)4/h5-14,16-18H,15H2,1-4H3,(H2,26,30)(H,29,31)/b27-13+,28-14-. The van der Waals surface area contributed by atoms with Crippen LogP contribution in [0, 0.1) is 0 Å². The van der Waals surface area contributed by atoms with E-state index in [4.69, 9.17) is 5.73 Å². The molecule has 0 saturated carbocycles. The first-order chi connectivity index (χ1) is 15.9. The van der Waals surface area contributed by atoms with Crippen molar-refractivity contribution in [1.29, 1.82) is 0 Å². The number of anilines is 1. The highest BCUT2D eigenvalue weighted by Gasteiger charge is 2.03. The van der Waals surface area contributed by atoms with Crippen molar-refractivity contribution in [2.75, 3.05) is 5.43 Å². The summed E-state index contributed by atoms with van der Waals surface area (Å²) in [6.07, 6.45) is 3.50. The lowest BCUT2D eigenvalue weighted by Gasteiger charge is -2.04. The summed E-state index contributed by atoms with van der Waals surface area (Å²) in [5, 5.41) is 15.5. The zero-order chi connectivity index (χ0) is 23.6. The molecule has 2 aromatic carbocycles. The number of rotatable bonds is 9. The molecule has 0 saturated heterocycles. The summed E-state index contributed by atoms with van der Waals surface area (Å²) in [7, 11) is 0. The first-order valence-corrected chi connectivity index (χ1v) is 12.7. The van der Waals surface area contributed by atoms with E-state index in [1.165, 1.54) is 34.2 Å². The number of nitrogens with two attached hydrogens (primary N) is 1. The van der Waals surface area contributed by atoms with Gasteiger partial charge in [-0.05, 0) is 34.1 Å². The van der Waals surface area contributed by atoms with Crippen LogP contribution in [0.25, 0.3) is 0 Å². The van der Waals surface area contributed by atoms with E-state index in [0.29, 0.717) is 22.8 Å². The van der Waals surface area contributed by atoms with Crippen molar-refractivity contribution < 1.29 is 0 Å². The summed E-state index contributed by atoms with van der Waals surface area (Å²) in [5.74, 6) is 1.65. The normalized spacial score (nSPS) is 12.5. The summed E-state index contributed by atoms with van der Waals surface area (Å²) in [5.41, 5.74) is 14.5. The zero-order valence-corrected chi connectivity index (χ0v) is 21.0. The third-order valence-electron chi connectivity index (χ3n) is 4.86. The van der Waals surface area contributed by atoms with Gasteiger partial charge in [0.2, 0.25) is 5.13 Å². The summed E-state index contributed by atoms with van der Waals surface area (Å²) >= 11 is 2.90. The highest BCUT2D eigenvalue weighted by molar-refractivity contribution is 8.13. The maximum absolute atomic E-state index is 5.97. The first-order valence-electron chi connectivity index (χ1n) is 10.8. The molecule has 3 rings (SSSR count). The Bertz CT molecular complexity index is 1100. The fraction of sp³-hybridized carbons (Fsp3) is 0.280. The van der Waals surface area contributed by atoms with Gasteiger partial charge >= 0.3 is 0 Å². The van der Waals surface area contributed by atoms with E-state index >= 15 is 0 Å². The number of benzene rings is 2. The van der Waals surface area contributed by atoms with Gasteiger partial charge in [-0.2, -0.15) is 10.2 Å². The van der Waals surface area contributed by atoms with Gasteiger partial charge in [0.1, 0.15) is 0 Å². The number of amidine groups is 1. The molecule has 0 aliphatic rings. The monoisotopic (exact) mass is 478 g/mol. The Hall–Kier alpha value is -2.97. The molecule has 0 atom stereocenters. The van der Waals surface area contributed by atoms with Gasteiger partial charge in [-0.15, -0.1) is 16.4 Å². The van der Waals surface area contributed by atoms with Gasteiger partial charge in [-0.3, -0.25) is 5.43 Å². The lowest BCUT2D eigenvalue weighted by Crippen LogP contribution is -2.06. The molecule has 1 heterocycles. The van der Waals surface area contributed by atoms with Gasteiger partial charge in [-0.1, -0.05) is 88.0 Å². The highest BCUT2D eigenvalue weighted by atomic mass is 32.2. The van der Waals surface area contributed by atoms with Crippen LogP contribution in [0.2, 0.25) is 0 Å². The van der Waals surface area contributed by atoms with Crippen molar-refractivity contribution in [2.45, 2.75) is 45.3 Å². The van der Waals surface area contributed by atoms with Crippen LogP contribution in [-0.2, 0) is 5.75 Å². The molecule has 0 amide bonds. The predicted octanol–water partition coefficient (Wildman–Crippen LogP) is 6.42. The second kappa shape index (κ2) is 12.3. The van der Waals surface area contributed by atoms with E-state index in [-0.39, 0.29) is 0 Å². The van der Waals surface area contributed by atoms with E-state index in [1.54, 1.807) is 12.4 Å². The van der Waals surface area contributed by atoms with Crippen LogP contribution in [0.4, 0.5) is 5.13 Å². The fourth-order valence-electron chi connectivity index (χ4n) is 2.85. The van der Waals surface area contributed by atoms with Crippen molar-refractivity contribution in [3.8, 4) is 0 Å². The molecule has 0 unspecified atom stereocenters. The molecule has 0 bridgehead atoms. The maximum atomic E-state index is 5.97. The Morgan fingerprint density at radius 3 is 2.12 bits per heavy atom. The minimum atomic E-state index is 0.399. The quantitative estimate of drug-likeness (QED) is 0.211. The molecular formula is C25H30N6S2. The molecule has 0 fully saturated rings. The average molecular weight is 479 g/mol. The fourth-order valence-corrected chi connectivity index (χ4v) is 4.16. The van der Waals surface area contributed by atoms with E-state index in [2.05, 4.69) is 89.8 Å². The number of aromatic nitrogens is 1. The van der Waals surface area contributed by atoms with Gasteiger partial charge in [0.15, 0.2) is 5.17 Å². The molecule has 8 heteroatoms. The molecule has 0 radical (unpaired) electrons. The van der Waals surface area contributed by atoms with Gasteiger partial charge in [0.05, 0.1) is 18.1 Å². The molecule has 0 aliphatic carbocycles. The number of hydrogen-bond acceptors (Lipinski definition) is 7. The number of nitrogens with one attached hydrogen (secondary N) is 1. The third kappa shape index (κ3) is 8.14. The second-order valence-corrected chi connectivity index (χ2v) is 9.98. The molecule has 0 aliphatic heterocycles. The molecule has 172 valence electrons. The first kappa shape index (κ1) is 24.7. The molecule has 3 N–H and O–H groups in total. The van der Waals surface area contributed by atoms with Gasteiger partial charge in [0.25, 0.3) is 0 Å². The number of thioether (sulfide) groups is 1. The van der Waals surface area contributed by atoms with Gasteiger partial charge < -0.3 is 5.73 Å².